The van der Waals surface area contributed by atoms with Gasteiger partial charge in [0.2, 0.25) is 6.10 Å². The smallest absolute Gasteiger partial charge is 0.284 e. The predicted octanol–water partition coefficient (Wildman–Crippen LogP) is 5.15. The van der Waals surface area contributed by atoms with Crippen LogP contribution in [0.5, 0.6) is 11.5 Å². The maximum atomic E-state index is 12.5. The number of benzene rings is 3. The fourth-order valence-corrected chi connectivity index (χ4v) is 3.74. The van der Waals surface area contributed by atoms with Gasteiger partial charge in [-0.25, -0.2) is 5.43 Å². The van der Waals surface area contributed by atoms with Gasteiger partial charge in [0.05, 0.1) is 6.21 Å². The topological polar surface area (TPSA) is 73.1 Å². The van der Waals surface area contributed by atoms with Crippen molar-refractivity contribution < 1.29 is 18.7 Å². The van der Waals surface area contributed by atoms with Gasteiger partial charge in [0.1, 0.15) is 18.1 Å². The monoisotopic (exact) mass is 476 g/mol. The van der Waals surface area contributed by atoms with Gasteiger partial charge in [-0.1, -0.05) is 52.3 Å². The maximum absolute atomic E-state index is 12.5. The number of furan rings is 1. The summed E-state index contributed by atoms with van der Waals surface area (Å²) in [6.07, 6.45) is 0.657. The van der Waals surface area contributed by atoms with Crippen molar-refractivity contribution in [1.29, 1.82) is 0 Å². The van der Waals surface area contributed by atoms with E-state index in [1.54, 1.807) is 6.07 Å². The van der Waals surface area contributed by atoms with Crippen LogP contribution in [0.15, 0.2) is 86.8 Å². The highest BCUT2D eigenvalue weighted by atomic mass is 79.9. The van der Waals surface area contributed by atoms with Gasteiger partial charge >= 0.3 is 0 Å². The summed E-state index contributed by atoms with van der Waals surface area (Å²) in [5.74, 6) is 2.00. The molecule has 0 saturated heterocycles. The minimum absolute atomic E-state index is 0.112. The van der Waals surface area contributed by atoms with Gasteiger partial charge in [-0.15, -0.1) is 0 Å². The molecule has 7 heteroatoms. The Morgan fingerprint density at radius 3 is 2.61 bits per heavy atom. The molecule has 1 aliphatic heterocycles. The van der Waals surface area contributed by atoms with Crippen LogP contribution in [0.25, 0.3) is 22.1 Å². The molecule has 0 saturated carbocycles. The molecule has 5 rings (SSSR count). The Kier molecular flexibility index (Phi) is 5.18. The lowest BCUT2D eigenvalue weighted by Crippen LogP contribution is -2.42. The first kappa shape index (κ1) is 19.4. The molecular weight excluding hydrogens is 460 g/mol. The molecule has 3 aromatic carbocycles. The minimum Gasteiger partial charge on any atom is -0.485 e. The second kappa shape index (κ2) is 8.28. The molecule has 1 aliphatic rings. The summed E-state index contributed by atoms with van der Waals surface area (Å²) in [5.41, 5.74) is 3.43. The van der Waals surface area contributed by atoms with Crippen LogP contribution in [0, 0.1) is 0 Å². The van der Waals surface area contributed by atoms with Crippen molar-refractivity contribution in [2.45, 2.75) is 6.10 Å². The van der Waals surface area contributed by atoms with E-state index < -0.39 is 12.0 Å². The third-order valence-electron chi connectivity index (χ3n) is 4.87. The molecule has 1 aromatic heterocycles. The molecular formula is C24H17BrN2O4. The van der Waals surface area contributed by atoms with Crippen molar-refractivity contribution >= 4 is 38.8 Å². The molecule has 4 aromatic rings. The van der Waals surface area contributed by atoms with Crippen LogP contribution >= 0.6 is 15.9 Å². The summed E-state index contributed by atoms with van der Waals surface area (Å²) in [6.45, 7) is 0.112. The lowest BCUT2D eigenvalue weighted by atomic mass is 10.1. The zero-order valence-electron chi connectivity index (χ0n) is 16.2. The number of hydrogen-bond donors (Lipinski definition) is 1. The number of ether oxygens (including phenoxy) is 2. The molecule has 1 N–H and O–H groups in total. The summed E-state index contributed by atoms with van der Waals surface area (Å²) in [5, 5.41) is 6.05. The Morgan fingerprint density at radius 2 is 1.81 bits per heavy atom. The first-order chi connectivity index (χ1) is 15.2. The number of fused-ring (bicyclic) bond motifs is 2. The molecule has 31 heavy (non-hydrogen) atoms. The van der Waals surface area contributed by atoms with Gasteiger partial charge < -0.3 is 13.9 Å². The van der Waals surface area contributed by atoms with E-state index in [2.05, 4.69) is 26.5 Å². The van der Waals surface area contributed by atoms with Crippen LogP contribution in [0.2, 0.25) is 0 Å². The Labute approximate surface area is 186 Å². The molecule has 154 valence electrons. The number of rotatable bonds is 4. The molecule has 0 aliphatic carbocycles. The van der Waals surface area contributed by atoms with E-state index in [0.29, 0.717) is 23.0 Å². The highest BCUT2D eigenvalue weighted by Crippen LogP contribution is 2.35. The summed E-state index contributed by atoms with van der Waals surface area (Å²) in [6, 6.07) is 23.1. The quantitative estimate of drug-likeness (QED) is 0.326. The zero-order chi connectivity index (χ0) is 21.2. The molecule has 0 radical (unpaired) electrons. The first-order valence-corrected chi connectivity index (χ1v) is 10.5. The number of amides is 1. The van der Waals surface area contributed by atoms with Crippen molar-refractivity contribution in [3.63, 3.8) is 0 Å². The van der Waals surface area contributed by atoms with E-state index in [1.807, 2.05) is 66.7 Å². The second-order valence-corrected chi connectivity index (χ2v) is 7.93. The molecule has 0 spiro atoms. The van der Waals surface area contributed by atoms with Crippen molar-refractivity contribution in [1.82, 2.24) is 5.43 Å². The summed E-state index contributed by atoms with van der Waals surface area (Å²) in [7, 11) is 0. The molecule has 6 nitrogen and oxygen atoms in total. The van der Waals surface area contributed by atoms with Crippen LogP contribution < -0.4 is 14.9 Å². The number of nitrogens with zero attached hydrogens (tertiary/aromatic N) is 1. The zero-order valence-corrected chi connectivity index (χ0v) is 17.8. The van der Waals surface area contributed by atoms with Crippen molar-refractivity contribution in [2.24, 2.45) is 5.10 Å². The SMILES string of the molecule is O=C(N/N=C/c1ccc(-c2cccc(Br)c2)o1)[C@@H]1COc2cc3ccccc3cc2O1. The number of hydrazone groups is 1. The van der Waals surface area contributed by atoms with Gasteiger partial charge in [-0.3, -0.25) is 4.79 Å². The Morgan fingerprint density at radius 1 is 1.00 bits per heavy atom. The van der Waals surface area contributed by atoms with Gasteiger partial charge in [-0.2, -0.15) is 5.10 Å². The molecule has 1 atom stereocenters. The number of halogens is 1. The molecule has 0 unspecified atom stereocenters. The van der Waals surface area contributed by atoms with Gasteiger partial charge in [0.15, 0.2) is 11.5 Å². The van der Waals surface area contributed by atoms with Crippen LogP contribution in [-0.2, 0) is 4.79 Å². The predicted molar refractivity (Wildman–Crippen MR) is 121 cm³/mol. The third-order valence-corrected chi connectivity index (χ3v) is 5.36. The normalized spacial score (nSPS) is 15.3. The molecule has 2 heterocycles. The number of carbonyl (C=O) groups excluding carboxylic acids is 1. The summed E-state index contributed by atoms with van der Waals surface area (Å²) < 4.78 is 18.3. The van der Waals surface area contributed by atoms with Gasteiger partial charge in [0.25, 0.3) is 5.91 Å². The van der Waals surface area contributed by atoms with Crippen LogP contribution in [0.1, 0.15) is 5.76 Å². The highest BCUT2D eigenvalue weighted by molar-refractivity contribution is 9.10. The number of hydrogen-bond acceptors (Lipinski definition) is 5. The van der Waals surface area contributed by atoms with Crippen molar-refractivity contribution in [2.75, 3.05) is 6.61 Å². The fraction of sp³-hybridized carbons (Fsp3) is 0.0833. The average Bonchev–Trinajstić information content (AvgIpc) is 3.26. The largest absolute Gasteiger partial charge is 0.485 e. The lowest BCUT2D eigenvalue weighted by Gasteiger charge is -2.25. The summed E-state index contributed by atoms with van der Waals surface area (Å²) >= 11 is 3.45. The van der Waals surface area contributed by atoms with E-state index in [4.69, 9.17) is 13.9 Å². The fourth-order valence-electron chi connectivity index (χ4n) is 3.34. The van der Waals surface area contributed by atoms with Gasteiger partial charge in [-0.05, 0) is 47.2 Å². The maximum Gasteiger partial charge on any atom is 0.284 e. The minimum atomic E-state index is -0.792. The van der Waals surface area contributed by atoms with E-state index in [9.17, 15) is 4.79 Å². The van der Waals surface area contributed by atoms with Crippen molar-refractivity contribution in [3.05, 3.63) is 83.0 Å². The van der Waals surface area contributed by atoms with Crippen LogP contribution in [-0.4, -0.2) is 24.8 Å². The number of carbonyl (C=O) groups is 1. The van der Waals surface area contributed by atoms with E-state index in [1.165, 1.54) is 6.21 Å². The average molecular weight is 477 g/mol. The second-order valence-electron chi connectivity index (χ2n) is 7.01. The van der Waals surface area contributed by atoms with Crippen molar-refractivity contribution in [3.8, 4) is 22.8 Å². The van der Waals surface area contributed by atoms with Crippen LogP contribution in [0.3, 0.4) is 0 Å². The van der Waals surface area contributed by atoms with E-state index >= 15 is 0 Å². The van der Waals surface area contributed by atoms with E-state index in [0.717, 1.165) is 20.8 Å². The third kappa shape index (κ3) is 4.18. The first-order valence-electron chi connectivity index (χ1n) is 9.67. The Hall–Kier alpha value is -3.58. The molecule has 1 amide bonds. The lowest BCUT2D eigenvalue weighted by molar-refractivity contribution is -0.130. The highest BCUT2D eigenvalue weighted by Gasteiger charge is 2.27. The molecule has 0 bridgehead atoms. The summed E-state index contributed by atoms with van der Waals surface area (Å²) in [4.78, 5) is 12.5. The van der Waals surface area contributed by atoms with Crippen LogP contribution in [0.4, 0.5) is 0 Å². The standard InChI is InChI=1S/C24H17BrN2O4/c25-18-7-3-6-17(10-18)20-9-8-19(30-20)13-26-27-24(28)23-14-29-21-11-15-4-1-2-5-16(15)12-22(21)31-23/h1-13,23H,14H2,(H,27,28)/b26-13+/t23-/m0/s1. The Balaban J connectivity index is 1.23. The molecule has 0 fully saturated rings. The number of nitrogens with one attached hydrogen (secondary N) is 1. The Bertz CT molecular complexity index is 1300. The van der Waals surface area contributed by atoms with E-state index in [-0.39, 0.29) is 6.61 Å². The van der Waals surface area contributed by atoms with Gasteiger partial charge in [0, 0.05) is 10.0 Å².